The van der Waals surface area contributed by atoms with Crippen molar-refractivity contribution >= 4 is 5.91 Å². The molecule has 0 atom stereocenters. The lowest BCUT2D eigenvalue weighted by atomic mass is 9.76. The van der Waals surface area contributed by atoms with E-state index in [1.54, 1.807) is 0 Å². The van der Waals surface area contributed by atoms with Crippen molar-refractivity contribution < 1.29 is 9.90 Å². The molecule has 0 aromatic carbocycles. The molecule has 0 aromatic rings. The Labute approximate surface area is 116 Å². The van der Waals surface area contributed by atoms with E-state index in [9.17, 15) is 9.90 Å². The minimum Gasteiger partial charge on any atom is -0.394 e. The molecule has 0 unspecified atom stereocenters. The molecule has 0 spiro atoms. The van der Waals surface area contributed by atoms with Crippen LogP contribution in [0.15, 0.2) is 0 Å². The maximum atomic E-state index is 12.6. The Balaban J connectivity index is 2.03. The summed E-state index contributed by atoms with van der Waals surface area (Å²) < 4.78 is 0. The predicted octanol–water partition coefficient (Wildman–Crippen LogP) is 1.56. The first-order valence-electron chi connectivity index (χ1n) is 7.69. The fraction of sp³-hybridized carbons (Fsp3) is 0.933. The third kappa shape index (κ3) is 2.95. The van der Waals surface area contributed by atoms with Gasteiger partial charge in [-0.25, -0.2) is 0 Å². The van der Waals surface area contributed by atoms with E-state index >= 15 is 0 Å². The van der Waals surface area contributed by atoms with E-state index in [1.807, 2.05) is 0 Å². The molecule has 0 saturated heterocycles. The number of rotatable bonds is 4. The lowest BCUT2D eigenvalue weighted by Gasteiger charge is -2.41. The van der Waals surface area contributed by atoms with Crippen LogP contribution in [0.5, 0.6) is 0 Å². The first-order chi connectivity index (χ1) is 9.06. The third-order valence-corrected chi connectivity index (χ3v) is 5.35. The number of amides is 1. The summed E-state index contributed by atoms with van der Waals surface area (Å²) in [6.45, 7) is 2.71. The van der Waals surface area contributed by atoms with Crippen LogP contribution in [0.3, 0.4) is 0 Å². The average Bonchev–Trinajstić information content (AvgIpc) is 2.92. The summed E-state index contributed by atoms with van der Waals surface area (Å²) in [6, 6.07) is 0. The van der Waals surface area contributed by atoms with E-state index in [2.05, 4.69) is 12.2 Å². The lowest BCUT2D eigenvalue weighted by Crippen LogP contribution is -2.58. The Bertz CT molecular complexity index is 316. The van der Waals surface area contributed by atoms with E-state index in [-0.39, 0.29) is 17.9 Å². The number of nitrogens with one attached hydrogen (secondary N) is 1. The highest BCUT2D eigenvalue weighted by atomic mass is 16.3. The van der Waals surface area contributed by atoms with Crippen LogP contribution in [0.2, 0.25) is 0 Å². The Hall–Kier alpha value is -0.610. The number of nitrogens with two attached hydrogens (primary N) is 1. The van der Waals surface area contributed by atoms with Crippen molar-refractivity contribution in [1.29, 1.82) is 0 Å². The highest BCUT2D eigenvalue weighted by Gasteiger charge is 2.44. The van der Waals surface area contributed by atoms with Crippen LogP contribution in [-0.4, -0.2) is 29.7 Å². The molecule has 2 saturated carbocycles. The standard InChI is InChI=1S/C15H28N2O2/c1-12-4-8-15(11-18,9-5-12)17-13(19)14(10-16)6-2-3-7-14/h12,18H,2-11,16H2,1H3,(H,17,19). The zero-order chi connectivity index (χ0) is 13.9. The monoisotopic (exact) mass is 268 g/mol. The molecule has 110 valence electrons. The van der Waals surface area contributed by atoms with Crippen molar-refractivity contribution in [2.45, 2.75) is 63.8 Å². The molecule has 2 aliphatic rings. The zero-order valence-electron chi connectivity index (χ0n) is 12.1. The molecule has 0 heterocycles. The SMILES string of the molecule is CC1CCC(CO)(NC(=O)C2(CN)CCCC2)CC1. The Morgan fingerprint density at radius 1 is 1.26 bits per heavy atom. The van der Waals surface area contributed by atoms with Gasteiger partial charge in [0.15, 0.2) is 0 Å². The van der Waals surface area contributed by atoms with Gasteiger partial charge in [0.1, 0.15) is 0 Å². The fourth-order valence-electron chi connectivity index (χ4n) is 3.59. The van der Waals surface area contributed by atoms with Crippen molar-refractivity contribution in [2.75, 3.05) is 13.2 Å². The topological polar surface area (TPSA) is 75.3 Å². The summed E-state index contributed by atoms with van der Waals surface area (Å²) in [5.74, 6) is 0.780. The lowest BCUT2D eigenvalue weighted by molar-refractivity contribution is -0.133. The van der Waals surface area contributed by atoms with Crippen molar-refractivity contribution in [2.24, 2.45) is 17.1 Å². The van der Waals surface area contributed by atoms with E-state index in [4.69, 9.17) is 5.73 Å². The molecule has 4 heteroatoms. The summed E-state index contributed by atoms with van der Waals surface area (Å²) in [7, 11) is 0. The van der Waals surface area contributed by atoms with Gasteiger partial charge in [-0.15, -0.1) is 0 Å². The van der Waals surface area contributed by atoms with Crippen LogP contribution in [0.4, 0.5) is 0 Å². The Morgan fingerprint density at radius 3 is 2.32 bits per heavy atom. The van der Waals surface area contributed by atoms with Gasteiger partial charge < -0.3 is 16.2 Å². The van der Waals surface area contributed by atoms with Gasteiger partial charge >= 0.3 is 0 Å². The predicted molar refractivity (Wildman–Crippen MR) is 75.5 cm³/mol. The molecular weight excluding hydrogens is 240 g/mol. The molecule has 4 N–H and O–H groups in total. The van der Waals surface area contributed by atoms with Gasteiger partial charge in [-0.1, -0.05) is 19.8 Å². The largest absolute Gasteiger partial charge is 0.394 e. The van der Waals surface area contributed by atoms with Crippen LogP contribution in [0, 0.1) is 11.3 Å². The van der Waals surface area contributed by atoms with E-state index in [0.29, 0.717) is 12.5 Å². The molecular formula is C15H28N2O2. The molecule has 0 bridgehead atoms. The van der Waals surface area contributed by atoms with Crippen molar-refractivity contribution in [3.8, 4) is 0 Å². The van der Waals surface area contributed by atoms with Gasteiger partial charge in [-0.2, -0.15) is 0 Å². The maximum Gasteiger partial charge on any atom is 0.228 e. The number of hydrogen-bond donors (Lipinski definition) is 3. The zero-order valence-corrected chi connectivity index (χ0v) is 12.1. The summed E-state index contributed by atoms with van der Waals surface area (Å²) >= 11 is 0. The number of hydrogen-bond acceptors (Lipinski definition) is 3. The molecule has 2 rings (SSSR count). The first kappa shape index (κ1) is 14.8. The van der Waals surface area contributed by atoms with Gasteiger partial charge in [-0.05, 0) is 44.4 Å². The number of aliphatic hydroxyl groups is 1. The van der Waals surface area contributed by atoms with Crippen molar-refractivity contribution in [3.63, 3.8) is 0 Å². The molecule has 2 fully saturated rings. The van der Waals surface area contributed by atoms with Crippen LogP contribution in [-0.2, 0) is 4.79 Å². The van der Waals surface area contributed by atoms with E-state index in [0.717, 1.165) is 51.4 Å². The van der Waals surface area contributed by atoms with Gasteiger partial charge in [-0.3, -0.25) is 4.79 Å². The maximum absolute atomic E-state index is 12.6. The highest BCUT2D eigenvalue weighted by molar-refractivity contribution is 5.84. The minimum absolute atomic E-state index is 0.0477. The second-order valence-corrected chi connectivity index (χ2v) is 6.77. The Morgan fingerprint density at radius 2 is 1.84 bits per heavy atom. The molecule has 0 aliphatic heterocycles. The number of carbonyl (C=O) groups excluding carboxylic acids is 1. The smallest absolute Gasteiger partial charge is 0.228 e. The highest BCUT2D eigenvalue weighted by Crippen LogP contribution is 2.39. The molecule has 19 heavy (non-hydrogen) atoms. The first-order valence-corrected chi connectivity index (χ1v) is 7.69. The van der Waals surface area contributed by atoms with Gasteiger partial charge in [0.2, 0.25) is 5.91 Å². The quantitative estimate of drug-likeness (QED) is 0.724. The summed E-state index contributed by atoms with van der Waals surface area (Å²) in [5, 5.41) is 12.9. The molecule has 2 aliphatic carbocycles. The van der Waals surface area contributed by atoms with Crippen LogP contribution >= 0.6 is 0 Å². The fourth-order valence-corrected chi connectivity index (χ4v) is 3.59. The summed E-state index contributed by atoms with van der Waals surface area (Å²) in [6.07, 6.45) is 7.91. The number of carbonyl (C=O) groups is 1. The van der Waals surface area contributed by atoms with E-state index < -0.39 is 5.54 Å². The van der Waals surface area contributed by atoms with Gasteiger partial charge in [0.05, 0.1) is 17.6 Å². The summed E-state index contributed by atoms with van der Waals surface area (Å²) in [5.41, 5.74) is 5.09. The van der Waals surface area contributed by atoms with Crippen molar-refractivity contribution in [3.05, 3.63) is 0 Å². The second kappa shape index (κ2) is 5.80. The molecule has 0 radical (unpaired) electrons. The average molecular weight is 268 g/mol. The van der Waals surface area contributed by atoms with E-state index in [1.165, 1.54) is 0 Å². The van der Waals surface area contributed by atoms with Crippen molar-refractivity contribution in [1.82, 2.24) is 5.32 Å². The third-order valence-electron chi connectivity index (χ3n) is 5.35. The minimum atomic E-state index is -0.394. The summed E-state index contributed by atoms with van der Waals surface area (Å²) in [4.78, 5) is 12.6. The Kier molecular flexibility index (Phi) is 4.51. The van der Waals surface area contributed by atoms with Crippen LogP contribution in [0.25, 0.3) is 0 Å². The van der Waals surface area contributed by atoms with Crippen LogP contribution in [0.1, 0.15) is 58.3 Å². The molecule has 0 aromatic heterocycles. The molecule has 1 amide bonds. The molecule has 4 nitrogen and oxygen atoms in total. The van der Waals surface area contributed by atoms with Gasteiger partial charge in [0, 0.05) is 6.54 Å². The van der Waals surface area contributed by atoms with Crippen LogP contribution < -0.4 is 11.1 Å². The number of aliphatic hydroxyl groups excluding tert-OH is 1. The normalized spacial score (nSPS) is 34.2. The van der Waals surface area contributed by atoms with Gasteiger partial charge in [0.25, 0.3) is 0 Å². The second-order valence-electron chi connectivity index (χ2n) is 6.77.